The van der Waals surface area contributed by atoms with Crippen molar-refractivity contribution in [2.24, 2.45) is 5.84 Å². The largest absolute Gasteiger partial charge is 0.383 e. The van der Waals surface area contributed by atoms with Crippen molar-refractivity contribution in [1.82, 2.24) is 15.2 Å². The van der Waals surface area contributed by atoms with Gasteiger partial charge in [0.2, 0.25) is 0 Å². The molecule has 1 heterocycles. The third kappa shape index (κ3) is 3.96. The van der Waals surface area contributed by atoms with Crippen molar-refractivity contribution in [1.29, 1.82) is 0 Å². The highest BCUT2D eigenvalue weighted by Crippen LogP contribution is 2.37. The van der Waals surface area contributed by atoms with Gasteiger partial charge in [0.25, 0.3) is 0 Å². The molecule has 1 unspecified atom stereocenters. The molecule has 0 saturated heterocycles. The maximum absolute atomic E-state index is 6.34. The summed E-state index contributed by atoms with van der Waals surface area (Å²) in [5, 5.41) is 4.90. The van der Waals surface area contributed by atoms with E-state index in [1.54, 1.807) is 13.3 Å². The molecule has 0 spiro atoms. The first kappa shape index (κ1) is 18.4. The summed E-state index contributed by atoms with van der Waals surface area (Å²) in [6.07, 6.45) is 3.27. The van der Waals surface area contributed by atoms with Gasteiger partial charge in [0.05, 0.1) is 41.7 Å². The summed E-state index contributed by atoms with van der Waals surface area (Å²) in [4.78, 5) is 0. The Kier molecular flexibility index (Phi) is 7.62. The second-order valence-electron chi connectivity index (χ2n) is 4.90. The third-order valence-electron chi connectivity index (χ3n) is 3.94. The van der Waals surface area contributed by atoms with Crippen LogP contribution in [0.3, 0.4) is 0 Å². The van der Waals surface area contributed by atoms with Crippen LogP contribution in [0.5, 0.6) is 0 Å². The summed E-state index contributed by atoms with van der Waals surface area (Å²) < 4.78 is 13.0. The molecule has 1 aromatic heterocycles. The SMILES string of the molecule is CCOC(CC)(CC)C(NN)c1c(Cl)cnn1CCOC. The van der Waals surface area contributed by atoms with E-state index in [1.807, 2.05) is 11.6 Å². The number of methoxy groups -OCH3 is 1. The number of hydrazine groups is 1. The van der Waals surface area contributed by atoms with E-state index in [0.717, 1.165) is 18.5 Å². The molecule has 0 aliphatic carbocycles. The third-order valence-corrected chi connectivity index (χ3v) is 4.23. The van der Waals surface area contributed by atoms with Crippen LogP contribution in [0.25, 0.3) is 0 Å². The Morgan fingerprint density at radius 1 is 1.43 bits per heavy atom. The maximum atomic E-state index is 6.34. The molecule has 3 N–H and O–H groups in total. The molecule has 1 rings (SSSR count). The summed E-state index contributed by atoms with van der Waals surface area (Å²) in [5.41, 5.74) is 3.30. The Morgan fingerprint density at radius 2 is 2.10 bits per heavy atom. The predicted molar refractivity (Wildman–Crippen MR) is 84.1 cm³/mol. The van der Waals surface area contributed by atoms with Gasteiger partial charge in [-0.05, 0) is 19.8 Å². The van der Waals surface area contributed by atoms with Crippen LogP contribution >= 0.6 is 11.6 Å². The molecular formula is C14H27ClN4O2. The number of halogens is 1. The minimum absolute atomic E-state index is 0.237. The number of nitrogens with one attached hydrogen (secondary N) is 1. The van der Waals surface area contributed by atoms with Crippen molar-refractivity contribution in [3.63, 3.8) is 0 Å². The summed E-state index contributed by atoms with van der Waals surface area (Å²) in [7, 11) is 1.66. The van der Waals surface area contributed by atoms with E-state index in [4.69, 9.17) is 26.9 Å². The van der Waals surface area contributed by atoms with Crippen LogP contribution in [0.2, 0.25) is 5.02 Å². The number of rotatable bonds is 10. The lowest BCUT2D eigenvalue weighted by Gasteiger charge is -2.39. The van der Waals surface area contributed by atoms with Crippen molar-refractivity contribution in [2.75, 3.05) is 20.3 Å². The molecule has 0 aliphatic rings. The van der Waals surface area contributed by atoms with E-state index in [9.17, 15) is 0 Å². The smallest absolute Gasteiger partial charge is 0.0933 e. The average Bonchev–Trinajstić information content (AvgIpc) is 2.86. The van der Waals surface area contributed by atoms with Gasteiger partial charge in [-0.25, -0.2) is 5.43 Å². The zero-order valence-corrected chi connectivity index (χ0v) is 14.1. The predicted octanol–water partition coefficient (Wildman–Crippen LogP) is 2.28. The molecule has 0 amide bonds. The van der Waals surface area contributed by atoms with E-state index in [1.165, 1.54) is 0 Å². The Hall–Kier alpha value is -0.660. The van der Waals surface area contributed by atoms with Crippen LogP contribution in [-0.4, -0.2) is 35.7 Å². The molecule has 1 atom stereocenters. The first-order valence-corrected chi connectivity index (χ1v) is 7.78. The fourth-order valence-electron chi connectivity index (χ4n) is 2.73. The van der Waals surface area contributed by atoms with Crippen molar-refractivity contribution in [2.45, 2.75) is 51.8 Å². The van der Waals surface area contributed by atoms with Gasteiger partial charge in [0.1, 0.15) is 0 Å². The molecule has 21 heavy (non-hydrogen) atoms. The molecule has 0 bridgehead atoms. The number of ether oxygens (including phenoxy) is 2. The lowest BCUT2D eigenvalue weighted by atomic mass is 9.86. The molecule has 122 valence electrons. The molecular weight excluding hydrogens is 292 g/mol. The van der Waals surface area contributed by atoms with Gasteiger partial charge in [0, 0.05) is 13.7 Å². The minimum atomic E-state index is -0.419. The van der Waals surface area contributed by atoms with Crippen molar-refractivity contribution < 1.29 is 9.47 Å². The van der Waals surface area contributed by atoms with E-state index in [2.05, 4.69) is 24.4 Å². The molecule has 0 radical (unpaired) electrons. The van der Waals surface area contributed by atoms with Crippen LogP contribution in [0.15, 0.2) is 6.20 Å². The Bertz CT molecular complexity index is 421. The summed E-state index contributed by atoms with van der Waals surface area (Å²) in [5.74, 6) is 5.84. The van der Waals surface area contributed by atoms with Crippen LogP contribution in [0, 0.1) is 0 Å². The number of nitrogens with zero attached hydrogens (tertiary/aromatic N) is 2. The van der Waals surface area contributed by atoms with Crippen molar-refractivity contribution >= 4 is 11.6 Å². The molecule has 7 heteroatoms. The zero-order valence-electron chi connectivity index (χ0n) is 13.4. The second-order valence-corrected chi connectivity index (χ2v) is 5.31. The van der Waals surface area contributed by atoms with Gasteiger partial charge in [-0.15, -0.1) is 0 Å². The Balaban J connectivity index is 3.21. The van der Waals surface area contributed by atoms with Crippen LogP contribution in [-0.2, 0) is 16.0 Å². The minimum Gasteiger partial charge on any atom is -0.383 e. The molecule has 0 aromatic carbocycles. The van der Waals surface area contributed by atoms with Crippen LogP contribution in [0.4, 0.5) is 0 Å². The van der Waals surface area contributed by atoms with Gasteiger partial charge >= 0.3 is 0 Å². The fourth-order valence-corrected chi connectivity index (χ4v) is 2.98. The average molecular weight is 319 g/mol. The van der Waals surface area contributed by atoms with Gasteiger partial charge in [-0.1, -0.05) is 25.4 Å². The highest BCUT2D eigenvalue weighted by Gasteiger charge is 2.40. The topological polar surface area (TPSA) is 74.3 Å². The van der Waals surface area contributed by atoms with Crippen molar-refractivity contribution in [3.05, 3.63) is 16.9 Å². The van der Waals surface area contributed by atoms with Crippen LogP contribution in [0.1, 0.15) is 45.3 Å². The first-order valence-electron chi connectivity index (χ1n) is 7.40. The van der Waals surface area contributed by atoms with Crippen LogP contribution < -0.4 is 11.3 Å². The first-order chi connectivity index (χ1) is 10.1. The van der Waals surface area contributed by atoms with E-state index in [0.29, 0.717) is 24.8 Å². The lowest BCUT2D eigenvalue weighted by Crippen LogP contribution is -2.49. The van der Waals surface area contributed by atoms with Gasteiger partial charge in [-0.2, -0.15) is 5.10 Å². The molecule has 6 nitrogen and oxygen atoms in total. The highest BCUT2D eigenvalue weighted by atomic mass is 35.5. The molecule has 0 fully saturated rings. The highest BCUT2D eigenvalue weighted by molar-refractivity contribution is 6.31. The van der Waals surface area contributed by atoms with Gasteiger partial charge < -0.3 is 9.47 Å². The van der Waals surface area contributed by atoms with Crippen molar-refractivity contribution in [3.8, 4) is 0 Å². The van der Waals surface area contributed by atoms with Gasteiger partial charge in [-0.3, -0.25) is 10.5 Å². The molecule has 0 aliphatic heterocycles. The van der Waals surface area contributed by atoms with Gasteiger partial charge in [0.15, 0.2) is 0 Å². The number of nitrogens with two attached hydrogens (primary N) is 1. The normalized spacial score (nSPS) is 13.6. The monoisotopic (exact) mass is 318 g/mol. The van der Waals surface area contributed by atoms with E-state index < -0.39 is 5.60 Å². The van der Waals surface area contributed by atoms with E-state index in [-0.39, 0.29) is 6.04 Å². The Labute approximate surface area is 131 Å². The number of hydrogen-bond donors (Lipinski definition) is 2. The second kappa shape index (κ2) is 8.70. The maximum Gasteiger partial charge on any atom is 0.0933 e. The zero-order chi connectivity index (χ0) is 15.9. The Morgan fingerprint density at radius 3 is 2.57 bits per heavy atom. The molecule has 0 saturated carbocycles. The van der Waals surface area contributed by atoms with E-state index >= 15 is 0 Å². The number of aromatic nitrogens is 2. The summed E-state index contributed by atoms with van der Waals surface area (Å²) in [6, 6.07) is -0.237. The molecule has 1 aromatic rings. The summed E-state index contributed by atoms with van der Waals surface area (Å²) >= 11 is 6.34. The number of hydrogen-bond acceptors (Lipinski definition) is 5. The standard InChI is InChI=1S/C14H27ClN4O2/c1-5-14(6-2,21-7-3)13(18-16)12-11(15)10-17-19(12)8-9-20-4/h10,13,18H,5-9,16H2,1-4H3. The fraction of sp³-hybridized carbons (Fsp3) is 0.786. The summed E-state index contributed by atoms with van der Waals surface area (Å²) in [6.45, 7) is 7.95. The lowest BCUT2D eigenvalue weighted by molar-refractivity contribution is -0.0753. The quantitative estimate of drug-likeness (QED) is 0.511.